The number of rotatable bonds is 5. The average Bonchev–Trinajstić information content (AvgIpc) is 3.22. The molecule has 2 fully saturated rings. The van der Waals surface area contributed by atoms with Crippen LogP contribution in [0.25, 0.3) is 22.2 Å². The van der Waals surface area contributed by atoms with E-state index < -0.39 is 0 Å². The summed E-state index contributed by atoms with van der Waals surface area (Å²) in [7, 11) is 0. The van der Waals surface area contributed by atoms with Crippen LogP contribution in [0.2, 0.25) is 0 Å². The average molecular weight is 393 g/mol. The standard InChI is InChI=1S/C22H28N6O/c1-2-18(15-23-6-1)25-14-16-3-4-20-19(12-16)22(27-26-20)17-5-7-24-21(13-17)28-8-10-29-11-9-28/h3-5,7,12-13,18,23,25H,1-2,6,8-11,14-15H2,(H,26,27). The maximum Gasteiger partial charge on any atom is 0.129 e. The molecule has 0 aliphatic carbocycles. The molecule has 1 aromatic carbocycles. The molecule has 3 aromatic rings. The van der Waals surface area contributed by atoms with Crippen LogP contribution in [-0.4, -0.2) is 60.6 Å². The van der Waals surface area contributed by atoms with E-state index in [1.165, 1.54) is 18.4 Å². The molecular formula is C22H28N6O. The molecule has 1 unspecified atom stereocenters. The van der Waals surface area contributed by atoms with Gasteiger partial charge in [0, 0.05) is 49.4 Å². The Morgan fingerprint density at radius 3 is 2.97 bits per heavy atom. The third-order valence-corrected chi connectivity index (χ3v) is 5.87. The second-order valence-corrected chi connectivity index (χ2v) is 7.88. The zero-order valence-electron chi connectivity index (χ0n) is 16.7. The van der Waals surface area contributed by atoms with Crippen molar-refractivity contribution in [2.45, 2.75) is 25.4 Å². The number of fused-ring (bicyclic) bond motifs is 1. The molecule has 4 heterocycles. The first-order chi connectivity index (χ1) is 14.4. The molecule has 0 bridgehead atoms. The van der Waals surface area contributed by atoms with Crippen molar-refractivity contribution in [1.82, 2.24) is 25.8 Å². The van der Waals surface area contributed by atoms with E-state index in [0.717, 1.165) is 73.9 Å². The summed E-state index contributed by atoms with van der Waals surface area (Å²) < 4.78 is 5.46. The second kappa shape index (κ2) is 8.49. The van der Waals surface area contributed by atoms with Gasteiger partial charge in [-0.1, -0.05) is 6.07 Å². The lowest BCUT2D eigenvalue weighted by Gasteiger charge is -2.27. The predicted octanol–water partition coefficient (Wildman–Crippen LogP) is 2.30. The van der Waals surface area contributed by atoms with E-state index in [1.54, 1.807) is 0 Å². The fraction of sp³-hybridized carbons (Fsp3) is 0.455. The molecule has 2 aromatic heterocycles. The fourth-order valence-corrected chi connectivity index (χ4v) is 4.21. The third kappa shape index (κ3) is 4.12. The van der Waals surface area contributed by atoms with E-state index >= 15 is 0 Å². The molecule has 3 N–H and O–H groups in total. The lowest BCUT2D eigenvalue weighted by atomic mass is 10.0. The number of piperidine rings is 1. The van der Waals surface area contributed by atoms with E-state index in [1.807, 2.05) is 12.3 Å². The van der Waals surface area contributed by atoms with Crippen molar-refractivity contribution < 1.29 is 4.74 Å². The Balaban J connectivity index is 1.38. The van der Waals surface area contributed by atoms with Crippen LogP contribution >= 0.6 is 0 Å². The van der Waals surface area contributed by atoms with Crippen LogP contribution in [0.4, 0.5) is 5.82 Å². The van der Waals surface area contributed by atoms with Crippen LogP contribution in [0.3, 0.4) is 0 Å². The number of H-pyrrole nitrogens is 1. The van der Waals surface area contributed by atoms with Crippen LogP contribution in [0.1, 0.15) is 18.4 Å². The Labute approximate surface area is 170 Å². The Bertz CT molecular complexity index is 959. The van der Waals surface area contributed by atoms with Crippen molar-refractivity contribution in [2.75, 3.05) is 44.3 Å². The number of aromatic nitrogens is 3. The normalized spacial score (nSPS) is 20.3. The number of pyridine rings is 1. The van der Waals surface area contributed by atoms with Gasteiger partial charge in [0.15, 0.2) is 0 Å². The summed E-state index contributed by atoms with van der Waals surface area (Å²) in [6.45, 7) is 6.34. The van der Waals surface area contributed by atoms with Crippen LogP contribution < -0.4 is 15.5 Å². The predicted molar refractivity (Wildman–Crippen MR) is 115 cm³/mol. The summed E-state index contributed by atoms with van der Waals surface area (Å²) in [5.74, 6) is 0.990. The first-order valence-electron chi connectivity index (χ1n) is 10.6. The van der Waals surface area contributed by atoms with Crippen LogP contribution in [0, 0.1) is 0 Å². The molecule has 7 nitrogen and oxygen atoms in total. The monoisotopic (exact) mass is 392 g/mol. The van der Waals surface area contributed by atoms with Crippen LogP contribution in [0.5, 0.6) is 0 Å². The summed E-state index contributed by atoms with van der Waals surface area (Å²) in [6, 6.07) is 11.3. The summed E-state index contributed by atoms with van der Waals surface area (Å²) in [4.78, 5) is 6.84. The number of hydrogen-bond acceptors (Lipinski definition) is 6. The van der Waals surface area contributed by atoms with E-state index in [0.29, 0.717) is 6.04 Å². The quantitative estimate of drug-likeness (QED) is 0.619. The number of nitrogens with zero attached hydrogens (tertiary/aromatic N) is 3. The van der Waals surface area contributed by atoms with Crippen LogP contribution in [0.15, 0.2) is 36.5 Å². The van der Waals surface area contributed by atoms with Gasteiger partial charge in [0.1, 0.15) is 11.5 Å². The molecule has 0 spiro atoms. The van der Waals surface area contributed by atoms with Gasteiger partial charge in [-0.2, -0.15) is 5.10 Å². The molecule has 0 saturated carbocycles. The maximum atomic E-state index is 5.46. The largest absolute Gasteiger partial charge is 0.378 e. The molecular weight excluding hydrogens is 364 g/mol. The van der Waals surface area contributed by atoms with Crippen molar-refractivity contribution >= 4 is 16.7 Å². The van der Waals surface area contributed by atoms with Gasteiger partial charge in [-0.3, -0.25) is 5.10 Å². The molecule has 29 heavy (non-hydrogen) atoms. The van der Waals surface area contributed by atoms with Crippen molar-refractivity contribution in [1.29, 1.82) is 0 Å². The Kier molecular flexibility index (Phi) is 5.43. The fourth-order valence-electron chi connectivity index (χ4n) is 4.21. The van der Waals surface area contributed by atoms with E-state index in [2.05, 4.69) is 55.0 Å². The highest BCUT2D eigenvalue weighted by Crippen LogP contribution is 2.29. The molecule has 0 amide bonds. The first kappa shape index (κ1) is 18.5. The highest BCUT2D eigenvalue weighted by atomic mass is 16.5. The maximum absolute atomic E-state index is 5.46. The van der Waals surface area contributed by atoms with Crippen molar-refractivity contribution in [2.24, 2.45) is 0 Å². The number of morpholine rings is 1. The van der Waals surface area contributed by atoms with Crippen molar-refractivity contribution in [3.05, 3.63) is 42.1 Å². The topological polar surface area (TPSA) is 78.1 Å². The van der Waals surface area contributed by atoms with Gasteiger partial charge in [0.2, 0.25) is 0 Å². The number of aromatic amines is 1. The van der Waals surface area contributed by atoms with Crippen LogP contribution in [-0.2, 0) is 11.3 Å². The van der Waals surface area contributed by atoms with Crippen molar-refractivity contribution in [3.8, 4) is 11.3 Å². The minimum Gasteiger partial charge on any atom is -0.378 e. The molecule has 2 saturated heterocycles. The Morgan fingerprint density at radius 2 is 2.10 bits per heavy atom. The smallest absolute Gasteiger partial charge is 0.129 e. The van der Waals surface area contributed by atoms with Gasteiger partial charge in [0.05, 0.1) is 18.7 Å². The molecule has 0 radical (unpaired) electrons. The molecule has 2 aliphatic heterocycles. The van der Waals surface area contributed by atoms with Gasteiger partial charge in [-0.25, -0.2) is 4.98 Å². The van der Waals surface area contributed by atoms with Gasteiger partial charge >= 0.3 is 0 Å². The summed E-state index contributed by atoms with van der Waals surface area (Å²) in [6.07, 6.45) is 4.37. The van der Waals surface area contributed by atoms with Gasteiger partial charge in [-0.15, -0.1) is 0 Å². The number of nitrogens with one attached hydrogen (secondary N) is 3. The lowest BCUT2D eigenvalue weighted by molar-refractivity contribution is 0.122. The number of anilines is 1. The zero-order chi connectivity index (χ0) is 19.5. The highest BCUT2D eigenvalue weighted by Gasteiger charge is 2.16. The molecule has 5 rings (SSSR count). The Morgan fingerprint density at radius 1 is 1.17 bits per heavy atom. The summed E-state index contributed by atoms with van der Waals surface area (Å²) >= 11 is 0. The van der Waals surface area contributed by atoms with Gasteiger partial charge in [0.25, 0.3) is 0 Å². The Hall–Kier alpha value is -2.48. The number of hydrogen-bond donors (Lipinski definition) is 3. The van der Waals surface area contributed by atoms with E-state index in [4.69, 9.17) is 4.74 Å². The highest BCUT2D eigenvalue weighted by molar-refractivity contribution is 5.93. The first-order valence-corrected chi connectivity index (χ1v) is 10.6. The van der Waals surface area contributed by atoms with Gasteiger partial charge in [-0.05, 0) is 49.2 Å². The van der Waals surface area contributed by atoms with Gasteiger partial charge < -0.3 is 20.3 Å². The summed E-state index contributed by atoms with van der Waals surface area (Å²) in [5.41, 5.74) is 4.42. The molecule has 1 atom stereocenters. The minimum absolute atomic E-state index is 0.555. The lowest BCUT2D eigenvalue weighted by Crippen LogP contribution is -2.42. The number of benzene rings is 1. The SMILES string of the molecule is c1cc(-c2n[nH]c3ccc(CNC4CCCNC4)cc23)cc(N2CCOCC2)n1. The summed E-state index contributed by atoms with van der Waals surface area (Å²) in [5, 5.41) is 16.1. The van der Waals surface area contributed by atoms with E-state index in [-0.39, 0.29) is 0 Å². The molecule has 2 aliphatic rings. The second-order valence-electron chi connectivity index (χ2n) is 7.88. The molecule has 152 valence electrons. The molecule has 7 heteroatoms. The third-order valence-electron chi connectivity index (χ3n) is 5.87. The van der Waals surface area contributed by atoms with E-state index in [9.17, 15) is 0 Å². The zero-order valence-corrected chi connectivity index (χ0v) is 16.7. The number of ether oxygens (including phenoxy) is 1. The minimum atomic E-state index is 0.555. The van der Waals surface area contributed by atoms with Crippen molar-refractivity contribution in [3.63, 3.8) is 0 Å².